The number of fused-ring (bicyclic) bond motifs is 1. The molecule has 1 fully saturated rings. The number of hydrogen-bond acceptors (Lipinski definition) is 5. The minimum atomic E-state index is 0.00741. The van der Waals surface area contributed by atoms with E-state index < -0.39 is 0 Å². The van der Waals surface area contributed by atoms with Crippen molar-refractivity contribution >= 4 is 10.9 Å². The molecule has 1 saturated heterocycles. The zero-order valence-electron chi connectivity index (χ0n) is 11.1. The summed E-state index contributed by atoms with van der Waals surface area (Å²) in [5.41, 5.74) is 1.59. The molecular formula is C14H15NO4. The molecule has 1 unspecified atom stereocenters. The highest BCUT2D eigenvalue weighted by molar-refractivity contribution is 5.92. The first-order valence-corrected chi connectivity index (χ1v) is 6.00. The first-order valence-electron chi connectivity index (χ1n) is 6.00. The maximum absolute atomic E-state index is 5.55. The molecule has 0 saturated carbocycles. The molecule has 5 heteroatoms. The summed E-state index contributed by atoms with van der Waals surface area (Å²) in [6.07, 6.45) is 0.00741. The maximum Gasteiger partial charge on any atom is 0.223 e. The van der Waals surface area contributed by atoms with Crippen LogP contribution in [-0.2, 0) is 4.74 Å². The highest BCUT2D eigenvalue weighted by Gasteiger charge is 2.34. The molecule has 5 nitrogen and oxygen atoms in total. The third-order valence-electron chi connectivity index (χ3n) is 3.20. The summed E-state index contributed by atoms with van der Waals surface area (Å²) in [4.78, 5) is 4.53. The molecule has 1 aromatic heterocycles. The van der Waals surface area contributed by atoms with E-state index in [-0.39, 0.29) is 6.10 Å². The highest BCUT2D eigenvalue weighted by atomic mass is 16.6. The summed E-state index contributed by atoms with van der Waals surface area (Å²) in [5.74, 6) is 1.96. The van der Waals surface area contributed by atoms with Crippen LogP contribution in [0.1, 0.15) is 11.7 Å². The van der Waals surface area contributed by atoms with Gasteiger partial charge in [-0.15, -0.1) is 0 Å². The first-order chi connectivity index (χ1) is 9.30. The molecule has 2 heterocycles. The van der Waals surface area contributed by atoms with Crippen LogP contribution in [-0.4, -0.2) is 32.9 Å². The Bertz CT molecular complexity index is 622. The molecule has 0 bridgehead atoms. The largest absolute Gasteiger partial charge is 0.495 e. The third kappa shape index (κ3) is 1.86. The van der Waals surface area contributed by atoms with E-state index in [4.69, 9.17) is 18.9 Å². The van der Waals surface area contributed by atoms with Crippen molar-refractivity contribution in [2.24, 2.45) is 0 Å². The molecule has 1 aromatic carbocycles. The molecule has 0 aliphatic carbocycles. The number of benzene rings is 1. The topological polar surface area (TPSA) is 53.1 Å². The molecule has 1 aliphatic heterocycles. The summed E-state index contributed by atoms with van der Waals surface area (Å²) < 4.78 is 21.6. The van der Waals surface area contributed by atoms with Gasteiger partial charge >= 0.3 is 0 Å². The predicted molar refractivity (Wildman–Crippen MR) is 70.1 cm³/mol. The van der Waals surface area contributed by atoms with Gasteiger partial charge in [-0.25, -0.2) is 4.98 Å². The minimum Gasteiger partial charge on any atom is -0.495 e. The Balaban J connectivity index is 2.35. The van der Waals surface area contributed by atoms with E-state index in [1.54, 1.807) is 21.3 Å². The number of nitrogens with zero attached hydrogens (tertiary/aromatic N) is 1. The molecule has 19 heavy (non-hydrogen) atoms. The van der Waals surface area contributed by atoms with Crippen LogP contribution >= 0.6 is 0 Å². The standard InChI is InChI=1S/C14H15NO4/c1-16-9-6-4-5-8-12(9)15-14(18-3)11(10-7-19-10)13(8)17-2/h4-6,10H,7H2,1-3H3. The average molecular weight is 261 g/mol. The van der Waals surface area contributed by atoms with Gasteiger partial charge in [-0.3, -0.25) is 0 Å². The van der Waals surface area contributed by atoms with Crippen molar-refractivity contribution in [1.29, 1.82) is 0 Å². The second-order valence-electron chi connectivity index (χ2n) is 4.25. The van der Waals surface area contributed by atoms with Gasteiger partial charge in [0.2, 0.25) is 5.88 Å². The molecule has 3 rings (SSSR count). The zero-order chi connectivity index (χ0) is 13.4. The van der Waals surface area contributed by atoms with Gasteiger partial charge in [0.1, 0.15) is 23.1 Å². The van der Waals surface area contributed by atoms with E-state index in [9.17, 15) is 0 Å². The smallest absolute Gasteiger partial charge is 0.223 e. The van der Waals surface area contributed by atoms with E-state index in [1.165, 1.54) is 0 Å². The fourth-order valence-electron chi connectivity index (χ4n) is 2.26. The van der Waals surface area contributed by atoms with Crippen molar-refractivity contribution in [3.05, 3.63) is 23.8 Å². The lowest BCUT2D eigenvalue weighted by atomic mass is 10.1. The van der Waals surface area contributed by atoms with Crippen molar-refractivity contribution in [1.82, 2.24) is 4.98 Å². The first kappa shape index (κ1) is 12.0. The number of epoxide rings is 1. The highest BCUT2D eigenvalue weighted by Crippen LogP contribution is 2.46. The Hall–Kier alpha value is -2.01. The van der Waals surface area contributed by atoms with Crippen molar-refractivity contribution < 1.29 is 18.9 Å². The Morgan fingerprint density at radius 3 is 2.53 bits per heavy atom. The molecular weight excluding hydrogens is 246 g/mol. The van der Waals surface area contributed by atoms with Gasteiger partial charge < -0.3 is 18.9 Å². The number of pyridine rings is 1. The van der Waals surface area contributed by atoms with Crippen molar-refractivity contribution in [3.63, 3.8) is 0 Å². The Labute approximate surface area is 111 Å². The van der Waals surface area contributed by atoms with Crippen LogP contribution in [0.2, 0.25) is 0 Å². The fourth-order valence-corrected chi connectivity index (χ4v) is 2.26. The normalized spacial score (nSPS) is 17.3. The zero-order valence-corrected chi connectivity index (χ0v) is 11.1. The average Bonchev–Trinajstić information content (AvgIpc) is 3.28. The van der Waals surface area contributed by atoms with Crippen LogP contribution in [0.15, 0.2) is 18.2 Å². The minimum absolute atomic E-state index is 0.00741. The fraction of sp³-hybridized carbons (Fsp3) is 0.357. The summed E-state index contributed by atoms with van der Waals surface area (Å²) in [6, 6.07) is 5.73. The molecule has 1 aliphatic rings. The summed E-state index contributed by atoms with van der Waals surface area (Å²) in [5, 5.41) is 0.896. The van der Waals surface area contributed by atoms with Gasteiger partial charge in [-0.2, -0.15) is 0 Å². The monoisotopic (exact) mass is 261 g/mol. The van der Waals surface area contributed by atoms with Crippen LogP contribution in [0.4, 0.5) is 0 Å². The van der Waals surface area contributed by atoms with Crippen LogP contribution < -0.4 is 14.2 Å². The van der Waals surface area contributed by atoms with E-state index in [1.807, 2.05) is 18.2 Å². The summed E-state index contributed by atoms with van der Waals surface area (Å²) >= 11 is 0. The molecule has 0 spiro atoms. The predicted octanol–water partition coefficient (Wildman–Crippen LogP) is 2.33. The Morgan fingerprint density at radius 2 is 1.95 bits per heavy atom. The molecule has 2 aromatic rings. The Kier molecular flexibility index (Phi) is 2.91. The van der Waals surface area contributed by atoms with Crippen molar-refractivity contribution in [3.8, 4) is 17.4 Å². The van der Waals surface area contributed by atoms with Gasteiger partial charge in [0.15, 0.2) is 0 Å². The van der Waals surface area contributed by atoms with Gasteiger partial charge in [0.05, 0.1) is 33.5 Å². The number of rotatable bonds is 4. The van der Waals surface area contributed by atoms with E-state index in [0.717, 1.165) is 22.2 Å². The number of para-hydroxylation sites is 1. The lowest BCUT2D eigenvalue weighted by molar-refractivity contribution is 0.353. The maximum atomic E-state index is 5.55. The van der Waals surface area contributed by atoms with Gasteiger partial charge in [-0.05, 0) is 12.1 Å². The second kappa shape index (κ2) is 4.59. The van der Waals surface area contributed by atoms with Crippen LogP contribution in [0.25, 0.3) is 10.9 Å². The quantitative estimate of drug-likeness (QED) is 0.791. The molecule has 100 valence electrons. The number of aromatic nitrogens is 1. The van der Waals surface area contributed by atoms with E-state index >= 15 is 0 Å². The lowest BCUT2D eigenvalue weighted by Gasteiger charge is -2.15. The number of ether oxygens (including phenoxy) is 4. The SMILES string of the molecule is COc1nc2c(OC)cccc2c(OC)c1C1CO1. The van der Waals surface area contributed by atoms with E-state index in [2.05, 4.69) is 4.98 Å². The number of hydrogen-bond donors (Lipinski definition) is 0. The van der Waals surface area contributed by atoms with Crippen LogP contribution in [0, 0.1) is 0 Å². The molecule has 0 radical (unpaired) electrons. The Morgan fingerprint density at radius 1 is 1.16 bits per heavy atom. The summed E-state index contributed by atoms with van der Waals surface area (Å²) in [7, 11) is 4.85. The lowest BCUT2D eigenvalue weighted by Crippen LogP contribution is -2.01. The number of methoxy groups -OCH3 is 3. The van der Waals surface area contributed by atoms with Crippen molar-refractivity contribution in [2.75, 3.05) is 27.9 Å². The van der Waals surface area contributed by atoms with Gasteiger partial charge in [0.25, 0.3) is 0 Å². The van der Waals surface area contributed by atoms with Gasteiger partial charge in [-0.1, -0.05) is 6.07 Å². The van der Waals surface area contributed by atoms with E-state index in [0.29, 0.717) is 18.2 Å². The van der Waals surface area contributed by atoms with Crippen LogP contribution in [0.5, 0.6) is 17.4 Å². The van der Waals surface area contributed by atoms with Crippen molar-refractivity contribution in [2.45, 2.75) is 6.10 Å². The van der Waals surface area contributed by atoms with Gasteiger partial charge in [0, 0.05) is 5.39 Å². The molecule has 0 N–H and O–H groups in total. The third-order valence-corrected chi connectivity index (χ3v) is 3.20. The molecule has 1 atom stereocenters. The van der Waals surface area contributed by atoms with Crippen LogP contribution in [0.3, 0.4) is 0 Å². The molecule has 0 amide bonds. The second-order valence-corrected chi connectivity index (χ2v) is 4.25. The summed E-state index contributed by atoms with van der Waals surface area (Å²) in [6.45, 7) is 0.671.